The summed E-state index contributed by atoms with van der Waals surface area (Å²) in [7, 11) is 1.61. The van der Waals surface area contributed by atoms with E-state index in [9.17, 15) is 0 Å². The molecule has 2 heterocycles. The predicted octanol–water partition coefficient (Wildman–Crippen LogP) is 4.67. The van der Waals surface area contributed by atoms with E-state index in [1.54, 1.807) is 31.4 Å². The molecule has 5 heteroatoms. The van der Waals surface area contributed by atoms with Gasteiger partial charge in [-0.15, -0.1) is 0 Å². The highest BCUT2D eigenvalue weighted by molar-refractivity contribution is 5.66. The highest BCUT2D eigenvalue weighted by Crippen LogP contribution is 2.35. The molecule has 4 rings (SSSR count). The van der Waals surface area contributed by atoms with Gasteiger partial charge in [0.1, 0.15) is 11.4 Å². The van der Waals surface area contributed by atoms with Gasteiger partial charge in [0.05, 0.1) is 24.4 Å². The van der Waals surface area contributed by atoms with Crippen LogP contribution in [0.25, 0.3) is 16.9 Å². The maximum atomic E-state index is 8.87. The van der Waals surface area contributed by atoms with E-state index >= 15 is 0 Å². The Kier molecular flexibility index (Phi) is 4.00. The molecule has 0 unspecified atom stereocenters. The van der Waals surface area contributed by atoms with Crippen LogP contribution in [0.2, 0.25) is 0 Å². The third kappa shape index (κ3) is 2.96. The van der Waals surface area contributed by atoms with Gasteiger partial charge in [0.2, 0.25) is 0 Å². The van der Waals surface area contributed by atoms with Crippen molar-refractivity contribution in [3.05, 3.63) is 78.6 Å². The molecule has 26 heavy (non-hydrogen) atoms. The van der Waals surface area contributed by atoms with Crippen molar-refractivity contribution in [3.8, 4) is 34.6 Å². The van der Waals surface area contributed by atoms with Crippen LogP contribution in [0.15, 0.2) is 73.1 Å². The van der Waals surface area contributed by atoms with E-state index in [-0.39, 0.29) is 0 Å². The van der Waals surface area contributed by atoms with E-state index < -0.39 is 0 Å². The fourth-order valence-electron chi connectivity index (χ4n) is 2.71. The lowest BCUT2D eigenvalue weighted by Crippen LogP contribution is -1.91. The van der Waals surface area contributed by atoms with Crippen LogP contribution in [-0.2, 0) is 0 Å². The Balaban J connectivity index is 1.66. The summed E-state index contributed by atoms with van der Waals surface area (Å²) in [5.74, 6) is 1.86. The van der Waals surface area contributed by atoms with Gasteiger partial charge in [-0.25, -0.2) is 4.98 Å². The lowest BCUT2D eigenvalue weighted by Gasteiger charge is -2.11. The normalized spacial score (nSPS) is 10.5. The zero-order valence-electron chi connectivity index (χ0n) is 14.1. The van der Waals surface area contributed by atoms with Crippen molar-refractivity contribution in [2.45, 2.75) is 0 Å². The predicted molar refractivity (Wildman–Crippen MR) is 98.4 cm³/mol. The molecule has 0 radical (unpaired) electrons. The summed E-state index contributed by atoms with van der Waals surface area (Å²) < 4.78 is 13.4. The van der Waals surface area contributed by atoms with Crippen molar-refractivity contribution in [2.24, 2.45) is 0 Å². The molecule has 0 aliphatic heterocycles. The van der Waals surface area contributed by atoms with Crippen molar-refractivity contribution >= 4 is 5.65 Å². The summed E-state index contributed by atoms with van der Waals surface area (Å²) in [4.78, 5) is 4.63. The molecule has 0 N–H and O–H groups in total. The fourth-order valence-corrected chi connectivity index (χ4v) is 2.71. The van der Waals surface area contributed by atoms with E-state index in [1.807, 2.05) is 53.2 Å². The van der Waals surface area contributed by atoms with Gasteiger partial charge in [-0.2, -0.15) is 5.26 Å². The van der Waals surface area contributed by atoms with Gasteiger partial charge in [-0.1, -0.05) is 6.07 Å². The van der Waals surface area contributed by atoms with Crippen LogP contribution in [0.1, 0.15) is 5.56 Å². The van der Waals surface area contributed by atoms with E-state index in [0.717, 1.165) is 16.9 Å². The van der Waals surface area contributed by atoms with Crippen LogP contribution < -0.4 is 9.47 Å². The second-order valence-electron chi connectivity index (χ2n) is 5.70. The number of nitriles is 1. The van der Waals surface area contributed by atoms with Crippen LogP contribution >= 0.6 is 0 Å². The molecular weight excluding hydrogens is 326 g/mol. The third-order valence-electron chi connectivity index (χ3n) is 4.03. The van der Waals surface area contributed by atoms with E-state index in [1.165, 1.54) is 0 Å². The molecule has 0 saturated carbocycles. The molecule has 0 aliphatic carbocycles. The number of hydrogen-bond donors (Lipinski definition) is 0. The van der Waals surface area contributed by atoms with Crippen LogP contribution in [0.4, 0.5) is 0 Å². The molecule has 5 nitrogen and oxygen atoms in total. The summed E-state index contributed by atoms with van der Waals surface area (Å²) >= 11 is 0. The smallest absolute Gasteiger partial charge is 0.169 e. The zero-order chi connectivity index (χ0) is 17.9. The van der Waals surface area contributed by atoms with Crippen molar-refractivity contribution < 1.29 is 9.47 Å². The van der Waals surface area contributed by atoms with E-state index in [4.69, 9.17) is 14.7 Å². The van der Waals surface area contributed by atoms with Gasteiger partial charge in [-0.3, -0.25) is 0 Å². The lowest BCUT2D eigenvalue weighted by molar-refractivity contribution is 0.379. The van der Waals surface area contributed by atoms with Crippen LogP contribution in [0.5, 0.6) is 17.2 Å². The minimum atomic E-state index is 0.589. The average molecular weight is 341 g/mol. The Labute approximate surface area is 150 Å². The second kappa shape index (κ2) is 6.61. The first-order chi connectivity index (χ1) is 12.8. The highest BCUT2D eigenvalue weighted by Gasteiger charge is 2.11. The fraction of sp³-hybridized carbons (Fsp3) is 0.0476. The largest absolute Gasteiger partial charge is 0.493 e. The molecule has 4 aromatic rings. The molecule has 0 amide bonds. The van der Waals surface area contributed by atoms with Gasteiger partial charge < -0.3 is 13.9 Å². The van der Waals surface area contributed by atoms with Crippen LogP contribution in [0.3, 0.4) is 0 Å². The van der Waals surface area contributed by atoms with Crippen molar-refractivity contribution in [1.82, 2.24) is 9.38 Å². The number of rotatable bonds is 4. The SMILES string of the molecule is COc1cc(-c2cn3ccccc3n2)ccc1Oc1ccc(C#N)cc1. The topological polar surface area (TPSA) is 59.6 Å². The number of fused-ring (bicyclic) bond motifs is 1. The Hall–Kier alpha value is -3.78. The number of hydrogen-bond acceptors (Lipinski definition) is 4. The molecular formula is C21H15N3O2. The molecule has 126 valence electrons. The molecule has 0 spiro atoms. The van der Waals surface area contributed by atoms with Crippen molar-refractivity contribution in [3.63, 3.8) is 0 Å². The molecule has 0 bridgehead atoms. The van der Waals surface area contributed by atoms with Crippen molar-refractivity contribution in [2.75, 3.05) is 7.11 Å². The van der Waals surface area contributed by atoms with Gasteiger partial charge in [-0.05, 0) is 54.6 Å². The lowest BCUT2D eigenvalue weighted by atomic mass is 10.1. The van der Waals surface area contributed by atoms with Gasteiger partial charge in [0, 0.05) is 18.0 Å². The quantitative estimate of drug-likeness (QED) is 0.541. The van der Waals surface area contributed by atoms with Gasteiger partial charge >= 0.3 is 0 Å². The monoisotopic (exact) mass is 341 g/mol. The van der Waals surface area contributed by atoms with Gasteiger partial charge in [0.15, 0.2) is 11.5 Å². The average Bonchev–Trinajstić information content (AvgIpc) is 3.13. The summed E-state index contributed by atoms with van der Waals surface area (Å²) in [6.07, 6.45) is 3.94. The first kappa shape index (κ1) is 15.7. The second-order valence-corrected chi connectivity index (χ2v) is 5.70. The van der Waals surface area contributed by atoms with Crippen molar-refractivity contribution in [1.29, 1.82) is 5.26 Å². The molecule has 0 fully saturated rings. The highest BCUT2D eigenvalue weighted by atomic mass is 16.5. The molecule has 2 aromatic carbocycles. The van der Waals surface area contributed by atoms with Gasteiger partial charge in [0.25, 0.3) is 0 Å². The Morgan fingerprint density at radius 1 is 1.00 bits per heavy atom. The number of nitrogens with zero attached hydrogens (tertiary/aromatic N) is 3. The maximum Gasteiger partial charge on any atom is 0.169 e. The minimum absolute atomic E-state index is 0.589. The van der Waals surface area contributed by atoms with E-state index in [2.05, 4.69) is 11.1 Å². The number of benzene rings is 2. The molecule has 0 saturated heterocycles. The minimum Gasteiger partial charge on any atom is -0.493 e. The van der Waals surface area contributed by atoms with Crippen LogP contribution in [0, 0.1) is 11.3 Å². The maximum absolute atomic E-state index is 8.87. The Morgan fingerprint density at radius 2 is 1.85 bits per heavy atom. The molecule has 0 atom stereocenters. The summed E-state index contributed by atoms with van der Waals surface area (Å²) in [5.41, 5.74) is 3.28. The molecule has 2 aromatic heterocycles. The number of ether oxygens (including phenoxy) is 2. The summed E-state index contributed by atoms with van der Waals surface area (Å²) in [6.45, 7) is 0. The van der Waals surface area contributed by atoms with E-state index in [0.29, 0.717) is 22.8 Å². The zero-order valence-corrected chi connectivity index (χ0v) is 14.1. The molecule has 0 aliphatic rings. The number of aromatic nitrogens is 2. The standard InChI is InChI=1S/C21H15N3O2/c1-25-20-12-16(18-14-24-11-3-2-4-21(24)23-18)7-10-19(20)26-17-8-5-15(13-22)6-9-17/h2-12,14H,1H3. The third-order valence-corrected chi connectivity index (χ3v) is 4.03. The first-order valence-corrected chi connectivity index (χ1v) is 8.07. The number of pyridine rings is 1. The summed E-state index contributed by atoms with van der Waals surface area (Å²) in [5, 5.41) is 8.87. The first-order valence-electron chi connectivity index (χ1n) is 8.07. The summed E-state index contributed by atoms with van der Waals surface area (Å²) in [6, 6.07) is 20.6. The Morgan fingerprint density at radius 3 is 2.58 bits per heavy atom. The number of imidazole rings is 1. The number of methoxy groups -OCH3 is 1. The Bertz CT molecular complexity index is 1080. The van der Waals surface area contributed by atoms with Crippen LogP contribution in [-0.4, -0.2) is 16.5 Å².